The predicted molar refractivity (Wildman–Crippen MR) is 85.4 cm³/mol. The van der Waals surface area contributed by atoms with Crippen LogP contribution in [0.2, 0.25) is 0 Å². The maximum Gasteiger partial charge on any atom is 0.147 e. The Bertz CT molecular complexity index is 614. The van der Waals surface area contributed by atoms with Crippen molar-refractivity contribution in [1.29, 1.82) is 0 Å². The smallest absolute Gasteiger partial charge is 0.147 e. The SMILES string of the molecule is CCn1ccnc1CN1CCCC(Cn2nc(C)nc2C)C1. The molecule has 3 heterocycles. The highest BCUT2D eigenvalue weighted by molar-refractivity contribution is 4.93. The normalized spacial score (nSPS) is 19.7. The van der Waals surface area contributed by atoms with Crippen molar-refractivity contribution >= 4 is 0 Å². The predicted octanol–water partition coefficient (Wildman–Crippen LogP) is 2.02. The van der Waals surface area contributed by atoms with Gasteiger partial charge in [-0.25, -0.2) is 14.6 Å². The lowest BCUT2D eigenvalue weighted by molar-refractivity contribution is 0.148. The Morgan fingerprint density at radius 2 is 2.18 bits per heavy atom. The molecule has 6 heteroatoms. The van der Waals surface area contributed by atoms with E-state index in [-0.39, 0.29) is 0 Å². The number of aryl methyl sites for hydroxylation is 3. The average molecular weight is 302 g/mol. The molecular weight excluding hydrogens is 276 g/mol. The summed E-state index contributed by atoms with van der Waals surface area (Å²) in [6, 6.07) is 0. The van der Waals surface area contributed by atoms with E-state index in [0.717, 1.165) is 37.8 Å². The van der Waals surface area contributed by atoms with Crippen LogP contribution in [0.15, 0.2) is 12.4 Å². The molecule has 0 N–H and O–H groups in total. The zero-order valence-corrected chi connectivity index (χ0v) is 13.9. The fourth-order valence-electron chi connectivity index (χ4n) is 3.40. The maximum absolute atomic E-state index is 4.50. The highest BCUT2D eigenvalue weighted by atomic mass is 15.3. The van der Waals surface area contributed by atoms with Gasteiger partial charge in [0.05, 0.1) is 6.54 Å². The molecule has 2 aromatic heterocycles. The molecule has 1 fully saturated rings. The summed E-state index contributed by atoms with van der Waals surface area (Å²) >= 11 is 0. The monoisotopic (exact) mass is 302 g/mol. The van der Waals surface area contributed by atoms with E-state index < -0.39 is 0 Å². The Balaban J connectivity index is 1.60. The van der Waals surface area contributed by atoms with Crippen LogP contribution in [0.5, 0.6) is 0 Å². The molecule has 0 aliphatic carbocycles. The summed E-state index contributed by atoms with van der Waals surface area (Å²) in [4.78, 5) is 11.4. The number of hydrogen-bond donors (Lipinski definition) is 0. The lowest BCUT2D eigenvalue weighted by Crippen LogP contribution is -2.37. The molecule has 1 aliphatic rings. The first-order valence-corrected chi connectivity index (χ1v) is 8.26. The van der Waals surface area contributed by atoms with Crippen molar-refractivity contribution in [2.45, 2.75) is 53.2 Å². The van der Waals surface area contributed by atoms with E-state index in [2.05, 4.69) is 42.3 Å². The molecule has 0 bridgehead atoms. The topological polar surface area (TPSA) is 51.8 Å². The standard InChI is InChI=1S/C16H26N6/c1-4-21-9-7-17-16(21)12-20-8-5-6-15(10-20)11-22-14(3)18-13(2)19-22/h7,9,15H,4-6,8,10-12H2,1-3H3. The summed E-state index contributed by atoms with van der Waals surface area (Å²) in [5.74, 6) is 3.72. The fraction of sp³-hybridized carbons (Fsp3) is 0.688. The molecular formula is C16H26N6. The van der Waals surface area contributed by atoms with Gasteiger partial charge in [-0.1, -0.05) is 0 Å². The van der Waals surface area contributed by atoms with Gasteiger partial charge in [0, 0.05) is 32.0 Å². The molecule has 120 valence electrons. The van der Waals surface area contributed by atoms with E-state index in [1.165, 1.54) is 25.2 Å². The molecule has 3 rings (SSSR count). The summed E-state index contributed by atoms with van der Waals surface area (Å²) in [5, 5.41) is 4.50. The average Bonchev–Trinajstić information content (AvgIpc) is 3.06. The van der Waals surface area contributed by atoms with Gasteiger partial charge in [-0.15, -0.1) is 0 Å². The lowest BCUT2D eigenvalue weighted by Gasteiger charge is -2.32. The van der Waals surface area contributed by atoms with Crippen LogP contribution in [0.25, 0.3) is 0 Å². The maximum atomic E-state index is 4.50. The molecule has 1 saturated heterocycles. The van der Waals surface area contributed by atoms with Crippen LogP contribution < -0.4 is 0 Å². The van der Waals surface area contributed by atoms with Crippen LogP contribution in [-0.4, -0.2) is 42.3 Å². The van der Waals surface area contributed by atoms with E-state index in [9.17, 15) is 0 Å². The van der Waals surface area contributed by atoms with Crippen molar-refractivity contribution in [2.24, 2.45) is 5.92 Å². The fourth-order valence-corrected chi connectivity index (χ4v) is 3.40. The van der Waals surface area contributed by atoms with E-state index >= 15 is 0 Å². The lowest BCUT2D eigenvalue weighted by atomic mass is 9.98. The number of likely N-dealkylation sites (tertiary alicyclic amines) is 1. The third-order valence-electron chi connectivity index (χ3n) is 4.50. The summed E-state index contributed by atoms with van der Waals surface area (Å²) in [7, 11) is 0. The van der Waals surface area contributed by atoms with Gasteiger partial charge in [-0.2, -0.15) is 5.10 Å². The van der Waals surface area contributed by atoms with Gasteiger partial charge in [0.15, 0.2) is 0 Å². The minimum Gasteiger partial charge on any atom is -0.334 e. The number of imidazole rings is 1. The van der Waals surface area contributed by atoms with Gasteiger partial charge < -0.3 is 4.57 Å². The molecule has 0 amide bonds. The van der Waals surface area contributed by atoms with Crippen LogP contribution in [0.4, 0.5) is 0 Å². The van der Waals surface area contributed by atoms with Crippen LogP contribution >= 0.6 is 0 Å². The molecule has 0 spiro atoms. The Hall–Kier alpha value is -1.69. The quantitative estimate of drug-likeness (QED) is 0.848. The second kappa shape index (κ2) is 6.60. The largest absolute Gasteiger partial charge is 0.334 e. The summed E-state index contributed by atoms with van der Waals surface area (Å²) in [6.07, 6.45) is 6.50. The molecule has 1 atom stereocenters. The molecule has 22 heavy (non-hydrogen) atoms. The zero-order chi connectivity index (χ0) is 15.5. The molecule has 0 radical (unpaired) electrons. The van der Waals surface area contributed by atoms with Crippen molar-refractivity contribution in [3.8, 4) is 0 Å². The number of rotatable bonds is 5. The van der Waals surface area contributed by atoms with Crippen molar-refractivity contribution in [3.63, 3.8) is 0 Å². The first-order chi connectivity index (χ1) is 10.7. The number of aromatic nitrogens is 5. The molecule has 1 unspecified atom stereocenters. The first kappa shape index (κ1) is 15.2. The molecule has 0 aromatic carbocycles. The van der Waals surface area contributed by atoms with Gasteiger partial charge in [0.25, 0.3) is 0 Å². The zero-order valence-electron chi connectivity index (χ0n) is 13.9. The van der Waals surface area contributed by atoms with Gasteiger partial charge >= 0.3 is 0 Å². The van der Waals surface area contributed by atoms with Gasteiger partial charge in [-0.05, 0) is 46.1 Å². The highest BCUT2D eigenvalue weighted by Gasteiger charge is 2.22. The second-order valence-corrected chi connectivity index (χ2v) is 6.26. The molecule has 2 aromatic rings. The number of piperidine rings is 1. The first-order valence-electron chi connectivity index (χ1n) is 8.26. The second-order valence-electron chi connectivity index (χ2n) is 6.26. The van der Waals surface area contributed by atoms with Crippen LogP contribution in [0.3, 0.4) is 0 Å². The van der Waals surface area contributed by atoms with E-state index in [0.29, 0.717) is 5.92 Å². The third kappa shape index (κ3) is 3.38. The van der Waals surface area contributed by atoms with Crippen LogP contribution in [-0.2, 0) is 19.6 Å². The van der Waals surface area contributed by atoms with Crippen molar-refractivity contribution < 1.29 is 0 Å². The van der Waals surface area contributed by atoms with E-state index in [4.69, 9.17) is 0 Å². The Kier molecular flexibility index (Phi) is 4.57. The number of hydrogen-bond acceptors (Lipinski definition) is 4. The Labute approximate surface area is 132 Å². The van der Waals surface area contributed by atoms with Gasteiger partial charge in [-0.3, -0.25) is 4.90 Å². The van der Waals surface area contributed by atoms with E-state index in [1.807, 2.05) is 20.0 Å². The minimum absolute atomic E-state index is 0.651. The highest BCUT2D eigenvalue weighted by Crippen LogP contribution is 2.20. The van der Waals surface area contributed by atoms with Crippen molar-refractivity contribution in [1.82, 2.24) is 29.2 Å². The number of nitrogens with zero attached hydrogens (tertiary/aromatic N) is 6. The summed E-state index contributed by atoms with van der Waals surface area (Å²) < 4.78 is 4.30. The van der Waals surface area contributed by atoms with Crippen LogP contribution in [0.1, 0.15) is 37.2 Å². The molecule has 0 saturated carbocycles. The Morgan fingerprint density at radius 3 is 2.91 bits per heavy atom. The van der Waals surface area contributed by atoms with Crippen molar-refractivity contribution in [2.75, 3.05) is 13.1 Å². The van der Waals surface area contributed by atoms with E-state index in [1.54, 1.807) is 0 Å². The molecule has 1 aliphatic heterocycles. The van der Waals surface area contributed by atoms with Crippen LogP contribution in [0, 0.1) is 19.8 Å². The summed E-state index contributed by atoms with van der Waals surface area (Å²) in [5.41, 5.74) is 0. The third-order valence-corrected chi connectivity index (χ3v) is 4.50. The van der Waals surface area contributed by atoms with Crippen molar-refractivity contribution in [3.05, 3.63) is 29.9 Å². The Morgan fingerprint density at radius 1 is 1.32 bits per heavy atom. The minimum atomic E-state index is 0.651. The van der Waals surface area contributed by atoms with Gasteiger partial charge in [0.2, 0.25) is 0 Å². The summed E-state index contributed by atoms with van der Waals surface area (Å²) in [6.45, 7) is 11.4. The van der Waals surface area contributed by atoms with Gasteiger partial charge in [0.1, 0.15) is 17.5 Å². The molecule has 6 nitrogen and oxygen atoms in total.